The number of fused-ring (bicyclic) bond motifs is 3. The molecule has 0 N–H and O–H groups in total. The number of allylic oxidation sites excluding steroid dienone is 1. The van der Waals surface area contributed by atoms with Gasteiger partial charge in [-0.2, -0.15) is 0 Å². The van der Waals surface area contributed by atoms with E-state index in [0.29, 0.717) is 11.3 Å². The van der Waals surface area contributed by atoms with Crippen LogP contribution in [0, 0.1) is 6.92 Å². The summed E-state index contributed by atoms with van der Waals surface area (Å²) in [7, 11) is -3.77. The lowest BCUT2D eigenvalue weighted by Gasteiger charge is -2.35. The van der Waals surface area contributed by atoms with Gasteiger partial charge >= 0.3 is 0 Å². The van der Waals surface area contributed by atoms with Gasteiger partial charge in [0.25, 0.3) is 10.0 Å². The number of benzene rings is 3. The normalized spacial score (nSPS) is 17.7. The summed E-state index contributed by atoms with van der Waals surface area (Å²) in [6.45, 7) is 4.80. The second kappa shape index (κ2) is 7.74. The second-order valence-electron chi connectivity index (χ2n) is 9.22. The van der Waals surface area contributed by atoms with Crippen LogP contribution in [0.25, 0.3) is 16.5 Å². The number of rotatable bonds is 3. The summed E-state index contributed by atoms with van der Waals surface area (Å²) in [5.41, 5.74) is 7.55. The van der Waals surface area contributed by atoms with Gasteiger partial charge in [0.15, 0.2) is 0 Å². The molecule has 4 aromatic rings. The van der Waals surface area contributed by atoms with Crippen LogP contribution in [0.4, 0.5) is 0 Å². The quantitative estimate of drug-likeness (QED) is 0.326. The first-order chi connectivity index (χ1) is 16.4. The molecule has 0 saturated carbocycles. The van der Waals surface area contributed by atoms with Gasteiger partial charge in [0.2, 0.25) is 0 Å². The predicted octanol–water partition coefficient (Wildman–Crippen LogP) is 6.43. The molecule has 0 fully saturated rings. The summed E-state index contributed by atoms with van der Waals surface area (Å²) in [5.74, 6) is 0. The molecule has 1 aromatic heterocycles. The summed E-state index contributed by atoms with van der Waals surface area (Å²) < 4.78 is 32.1. The number of para-hydroxylation sites is 1. The second-order valence-corrected chi connectivity index (χ2v) is 11.1. The predicted molar refractivity (Wildman–Crippen MR) is 137 cm³/mol. The van der Waals surface area contributed by atoms with Crippen molar-refractivity contribution in [2.24, 2.45) is 0 Å². The molecule has 0 unspecified atom stereocenters. The van der Waals surface area contributed by atoms with Crippen molar-refractivity contribution < 1.29 is 8.42 Å². The Bertz CT molecular complexity index is 1580. The molecule has 3 heterocycles. The molecular formula is C29H26N2O2S. The molecule has 2 aliphatic rings. The van der Waals surface area contributed by atoms with Crippen LogP contribution in [-0.4, -0.2) is 17.3 Å². The van der Waals surface area contributed by atoms with Crippen molar-refractivity contribution in [3.05, 3.63) is 119 Å². The van der Waals surface area contributed by atoms with E-state index in [0.717, 1.165) is 45.4 Å². The molecule has 0 spiro atoms. The number of hydrogen-bond donors (Lipinski definition) is 0. The van der Waals surface area contributed by atoms with Gasteiger partial charge < -0.3 is 4.57 Å². The number of sulfonamides is 1. The topological polar surface area (TPSA) is 42.3 Å². The Labute approximate surface area is 200 Å². The third-order valence-corrected chi connectivity index (χ3v) is 8.76. The minimum absolute atomic E-state index is 0.306. The number of nitrogens with zero attached hydrogens (tertiary/aromatic N) is 2. The fourth-order valence-electron chi connectivity index (χ4n) is 5.28. The van der Waals surface area contributed by atoms with Crippen LogP contribution in [0.2, 0.25) is 0 Å². The largest absolute Gasteiger partial charge is 0.338 e. The number of aromatic nitrogens is 1. The third-order valence-electron chi connectivity index (χ3n) is 6.98. The van der Waals surface area contributed by atoms with Gasteiger partial charge in [0.05, 0.1) is 16.6 Å². The summed E-state index contributed by atoms with van der Waals surface area (Å²) in [5, 5.41) is 1.16. The van der Waals surface area contributed by atoms with Gasteiger partial charge in [-0.25, -0.2) is 8.42 Å². The van der Waals surface area contributed by atoms with E-state index in [1.807, 2.05) is 43.5 Å². The molecule has 34 heavy (non-hydrogen) atoms. The molecule has 0 amide bonds. The molecule has 3 aromatic carbocycles. The lowest BCUT2D eigenvalue weighted by atomic mass is 9.89. The smallest absolute Gasteiger partial charge is 0.264 e. The molecule has 0 aliphatic carbocycles. The van der Waals surface area contributed by atoms with Crippen molar-refractivity contribution in [1.29, 1.82) is 0 Å². The van der Waals surface area contributed by atoms with Crippen molar-refractivity contribution >= 4 is 26.5 Å². The average molecular weight is 467 g/mol. The fourth-order valence-corrected chi connectivity index (χ4v) is 6.76. The van der Waals surface area contributed by atoms with Crippen LogP contribution in [0.5, 0.6) is 0 Å². The van der Waals surface area contributed by atoms with Crippen LogP contribution < -0.4 is 0 Å². The van der Waals surface area contributed by atoms with Crippen LogP contribution in [0.15, 0.2) is 102 Å². The minimum atomic E-state index is -3.77. The van der Waals surface area contributed by atoms with E-state index in [-0.39, 0.29) is 6.04 Å². The first-order valence-electron chi connectivity index (χ1n) is 11.6. The summed E-state index contributed by atoms with van der Waals surface area (Å²) >= 11 is 0. The summed E-state index contributed by atoms with van der Waals surface area (Å²) in [6, 6.07) is 25.4. The molecule has 0 bridgehead atoms. The van der Waals surface area contributed by atoms with Gasteiger partial charge in [-0.1, -0.05) is 77.9 Å². The Kier molecular flexibility index (Phi) is 4.78. The van der Waals surface area contributed by atoms with Crippen molar-refractivity contribution in [2.45, 2.75) is 37.8 Å². The lowest BCUT2D eigenvalue weighted by molar-refractivity contribution is 0.388. The zero-order valence-electron chi connectivity index (χ0n) is 19.3. The van der Waals surface area contributed by atoms with Crippen molar-refractivity contribution in [3.8, 4) is 0 Å². The summed E-state index contributed by atoms with van der Waals surface area (Å²) in [6.07, 6.45) is 4.75. The Hall–Kier alpha value is -3.57. The highest BCUT2D eigenvalue weighted by molar-refractivity contribution is 7.89. The van der Waals surface area contributed by atoms with Gasteiger partial charge in [0, 0.05) is 34.8 Å². The average Bonchev–Trinajstić information content (AvgIpc) is 3.07. The highest BCUT2D eigenvalue weighted by Crippen LogP contribution is 2.48. The molecule has 170 valence electrons. The Morgan fingerprint density at radius 3 is 2.32 bits per heavy atom. The summed E-state index contributed by atoms with van der Waals surface area (Å²) in [4.78, 5) is 0.318. The van der Waals surface area contributed by atoms with Gasteiger partial charge in [-0.15, -0.1) is 0 Å². The van der Waals surface area contributed by atoms with E-state index in [1.165, 1.54) is 5.57 Å². The first-order valence-corrected chi connectivity index (χ1v) is 13.0. The molecule has 1 atom stereocenters. The van der Waals surface area contributed by atoms with Gasteiger partial charge in [-0.3, -0.25) is 4.31 Å². The maximum absolute atomic E-state index is 14.1. The molecule has 2 aliphatic heterocycles. The van der Waals surface area contributed by atoms with Crippen LogP contribution in [-0.2, 0) is 16.6 Å². The lowest BCUT2D eigenvalue weighted by Crippen LogP contribution is -2.34. The van der Waals surface area contributed by atoms with Gasteiger partial charge in [-0.05, 0) is 44.0 Å². The highest BCUT2D eigenvalue weighted by Gasteiger charge is 2.40. The van der Waals surface area contributed by atoms with E-state index in [9.17, 15) is 8.42 Å². The van der Waals surface area contributed by atoms with Gasteiger partial charge in [0.1, 0.15) is 0 Å². The van der Waals surface area contributed by atoms with E-state index in [2.05, 4.69) is 54.0 Å². The Balaban J connectivity index is 1.67. The SMILES string of the molecule is CC1=CCn2c3c(c4ccccc42)C(c2ccccc2)=CN(S(=O)(=O)c2ccc(C)cc2)[C@@H]3C1. The van der Waals surface area contributed by atoms with Crippen molar-refractivity contribution in [3.63, 3.8) is 0 Å². The first kappa shape index (κ1) is 21.0. The minimum Gasteiger partial charge on any atom is -0.338 e. The fraction of sp³-hybridized carbons (Fsp3) is 0.172. The number of hydrogen-bond acceptors (Lipinski definition) is 2. The van der Waals surface area contributed by atoms with Crippen LogP contribution in [0.1, 0.15) is 41.8 Å². The third kappa shape index (κ3) is 3.15. The Morgan fingerprint density at radius 1 is 0.853 bits per heavy atom. The maximum atomic E-state index is 14.1. The van der Waals surface area contributed by atoms with Crippen molar-refractivity contribution in [1.82, 2.24) is 8.87 Å². The molecule has 0 saturated heterocycles. The molecule has 6 rings (SSSR count). The number of aryl methyl sites for hydroxylation is 1. The monoisotopic (exact) mass is 466 g/mol. The molecular weight excluding hydrogens is 440 g/mol. The van der Waals surface area contributed by atoms with E-state index < -0.39 is 10.0 Å². The van der Waals surface area contributed by atoms with E-state index in [1.54, 1.807) is 16.4 Å². The molecule has 5 heteroatoms. The Morgan fingerprint density at radius 2 is 1.56 bits per heavy atom. The zero-order chi connectivity index (χ0) is 23.4. The van der Waals surface area contributed by atoms with Crippen molar-refractivity contribution in [2.75, 3.05) is 0 Å². The standard InChI is InChI=1S/C29H26N2O2S/c1-20-12-14-23(15-13-20)34(32,33)31-19-25(22-8-4-3-5-9-22)28-24-10-6-7-11-26(24)30-17-16-21(2)18-27(31)29(28)30/h3-16,19,27H,17-18H2,1-2H3/t27-/m1/s1. The maximum Gasteiger partial charge on any atom is 0.264 e. The van der Waals surface area contributed by atoms with Crippen LogP contribution in [0.3, 0.4) is 0 Å². The molecule has 0 radical (unpaired) electrons. The zero-order valence-corrected chi connectivity index (χ0v) is 20.1. The highest BCUT2D eigenvalue weighted by atomic mass is 32.2. The van der Waals surface area contributed by atoms with E-state index >= 15 is 0 Å². The van der Waals surface area contributed by atoms with Crippen LogP contribution >= 0.6 is 0 Å². The van der Waals surface area contributed by atoms with E-state index in [4.69, 9.17) is 0 Å². The molecule has 4 nitrogen and oxygen atoms in total.